The summed E-state index contributed by atoms with van der Waals surface area (Å²) in [6.45, 7) is 5.49. The number of methoxy groups -OCH3 is 1. The highest BCUT2D eigenvalue weighted by Gasteiger charge is 2.35. The first-order valence-electron chi connectivity index (χ1n) is 5.95. The maximum Gasteiger partial charge on any atom is 0.243 e. The Bertz CT molecular complexity index is 357. The number of ether oxygens (including phenoxy) is 1. The minimum atomic E-state index is -0.882. The summed E-state index contributed by atoms with van der Waals surface area (Å²) < 4.78 is 5.06. The van der Waals surface area contributed by atoms with E-state index < -0.39 is 5.41 Å². The van der Waals surface area contributed by atoms with Crippen molar-refractivity contribution in [2.75, 3.05) is 26.8 Å². The van der Waals surface area contributed by atoms with Crippen molar-refractivity contribution in [2.24, 2.45) is 5.41 Å². The fourth-order valence-electron chi connectivity index (χ4n) is 1.84. The van der Waals surface area contributed by atoms with Gasteiger partial charge in [-0.25, -0.2) is 0 Å². The van der Waals surface area contributed by atoms with Crippen molar-refractivity contribution in [2.45, 2.75) is 26.7 Å². The maximum atomic E-state index is 12.2. The molecule has 1 rings (SSSR count). The van der Waals surface area contributed by atoms with E-state index in [1.807, 2.05) is 13.0 Å². The molecule has 1 heterocycles. The zero-order valence-electron chi connectivity index (χ0n) is 10.8. The second kappa shape index (κ2) is 5.83. The van der Waals surface area contributed by atoms with Gasteiger partial charge in [0.25, 0.3) is 0 Å². The first-order chi connectivity index (χ1) is 8.07. The molecule has 0 bridgehead atoms. The Balaban J connectivity index is 2.66. The lowest BCUT2D eigenvalue weighted by Gasteiger charge is -2.31. The third kappa shape index (κ3) is 3.07. The van der Waals surface area contributed by atoms with Crippen molar-refractivity contribution in [3.05, 3.63) is 11.6 Å². The van der Waals surface area contributed by atoms with Gasteiger partial charge in [-0.15, -0.1) is 0 Å². The van der Waals surface area contributed by atoms with Gasteiger partial charge in [0.15, 0.2) is 0 Å². The molecule has 0 aromatic rings. The number of nitrogens with zero attached hydrogens (tertiary/aromatic N) is 2. The highest BCUT2D eigenvalue weighted by molar-refractivity contribution is 5.85. The highest BCUT2D eigenvalue weighted by atomic mass is 16.5. The van der Waals surface area contributed by atoms with Crippen LogP contribution in [0.3, 0.4) is 0 Å². The molecule has 0 aromatic carbocycles. The lowest BCUT2D eigenvalue weighted by molar-refractivity contribution is -0.138. The average Bonchev–Trinajstić information content (AvgIpc) is 2.38. The molecule has 0 N–H and O–H groups in total. The molecule has 0 aliphatic carbocycles. The zero-order valence-corrected chi connectivity index (χ0v) is 10.8. The molecular formula is C13H20N2O2. The van der Waals surface area contributed by atoms with Crippen molar-refractivity contribution < 1.29 is 9.53 Å². The average molecular weight is 236 g/mol. The monoisotopic (exact) mass is 236 g/mol. The van der Waals surface area contributed by atoms with Crippen LogP contribution < -0.4 is 0 Å². The number of hydrogen-bond donors (Lipinski definition) is 0. The zero-order chi connectivity index (χ0) is 12.9. The summed E-state index contributed by atoms with van der Waals surface area (Å²) in [7, 11) is 1.67. The lowest BCUT2D eigenvalue weighted by Crippen LogP contribution is -2.43. The lowest BCUT2D eigenvalue weighted by atomic mass is 9.87. The van der Waals surface area contributed by atoms with Crippen molar-refractivity contribution >= 4 is 5.91 Å². The second-order valence-electron chi connectivity index (χ2n) is 4.59. The van der Waals surface area contributed by atoms with Crippen LogP contribution in [-0.2, 0) is 9.53 Å². The number of rotatable bonds is 4. The summed E-state index contributed by atoms with van der Waals surface area (Å²) in [5, 5.41) is 9.09. The third-order valence-corrected chi connectivity index (χ3v) is 3.35. The van der Waals surface area contributed by atoms with Crippen LogP contribution in [0.25, 0.3) is 0 Å². The van der Waals surface area contributed by atoms with Gasteiger partial charge in [0.2, 0.25) is 5.91 Å². The molecule has 1 amide bonds. The Morgan fingerprint density at radius 1 is 1.71 bits per heavy atom. The molecule has 1 aliphatic rings. The van der Waals surface area contributed by atoms with E-state index >= 15 is 0 Å². The first-order valence-corrected chi connectivity index (χ1v) is 5.95. The molecule has 94 valence electrons. The van der Waals surface area contributed by atoms with Gasteiger partial charge in [0.05, 0.1) is 12.7 Å². The minimum absolute atomic E-state index is 0.0600. The molecule has 1 atom stereocenters. The smallest absolute Gasteiger partial charge is 0.243 e. The Hall–Kier alpha value is -1.34. The van der Waals surface area contributed by atoms with Crippen molar-refractivity contribution in [3.63, 3.8) is 0 Å². The van der Waals surface area contributed by atoms with Gasteiger partial charge in [0.1, 0.15) is 5.41 Å². The molecule has 17 heavy (non-hydrogen) atoms. The maximum absolute atomic E-state index is 12.2. The standard InChI is InChI=1S/C13H20N2O2/c1-4-13(2,10-14)12(16)15-7-5-11(6-8-15)9-17-3/h5H,4,6-9H2,1-3H3. The van der Waals surface area contributed by atoms with Gasteiger partial charge in [-0.1, -0.05) is 13.0 Å². The van der Waals surface area contributed by atoms with Gasteiger partial charge in [-0.05, 0) is 25.3 Å². The Morgan fingerprint density at radius 2 is 2.41 bits per heavy atom. The second-order valence-corrected chi connectivity index (χ2v) is 4.59. The SMILES string of the molecule is CCC(C)(C#N)C(=O)N1CC=C(COC)CC1. The fourth-order valence-corrected chi connectivity index (χ4v) is 1.84. The Labute approximate surface area is 103 Å². The van der Waals surface area contributed by atoms with Gasteiger partial charge in [-0.3, -0.25) is 4.79 Å². The van der Waals surface area contributed by atoms with E-state index in [2.05, 4.69) is 6.07 Å². The van der Waals surface area contributed by atoms with E-state index in [1.54, 1.807) is 18.9 Å². The van der Waals surface area contributed by atoms with Crippen LogP contribution >= 0.6 is 0 Å². The van der Waals surface area contributed by atoms with Crippen LogP contribution in [0.15, 0.2) is 11.6 Å². The van der Waals surface area contributed by atoms with E-state index in [4.69, 9.17) is 10.00 Å². The first kappa shape index (κ1) is 13.7. The van der Waals surface area contributed by atoms with Crippen LogP contribution in [-0.4, -0.2) is 37.6 Å². The molecule has 0 spiro atoms. The summed E-state index contributed by atoms with van der Waals surface area (Å²) in [5.41, 5.74) is 0.346. The summed E-state index contributed by atoms with van der Waals surface area (Å²) in [4.78, 5) is 13.9. The normalized spacial score (nSPS) is 19.2. The number of nitriles is 1. The quantitative estimate of drug-likeness (QED) is 0.698. The summed E-state index contributed by atoms with van der Waals surface area (Å²) in [6.07, 6.45) is 3.41. The van der Waals surface area contributed by atoms with Crippen LogP contribution in [0.1, 0.15) is 26.7 Å². The number of hydrogen-bond acceptors (Lipinski definition) is 3. The molecule has 0 saturated carbocycles. The fraction of sp³-hybridized carbons (Fsp3) is 0.692. The largest absolute Gasteiger partial charge is 0.380 e. The van der Waals surface area contributed by atoms with E-state index in [-0.39, 0.29) is 5.91 Å². The molecule has 1 unspecified atom stereocenters. The van der Waals surface area contributed by atoms with Gasteiger partial charge < -0.3 is 9.64 Å². The van der Waals surface area contributed by atoms with Crippen LogP contribution in [0.2, 0.25) is 0 Å². The molecule has 0 saturated heterocycles. The van der Waals surface area contributed by atoms with Gasteiger partial charge in [0, 0.05) is 20.2 Å². The van der Waals surface area contributed by atoms with Crippen LogP contribution in [0, 0.1) is 16.7 Å². The minimum Gasteiger partial charge on any atom is -0.380 e. The Kier molecular flexibility index (Phi) is 4.71. The van der Waals surface area contributed by atoms with Gasteiger partial charge in [-0.2, -0.15) is 5.26 Å². The highest BCUT2D eigenvalue weighted by Crippen LogP contribution is 2.24. The Morgan fingerprint density at radius 3 is 2.82 bits per heavy atom. The van der Waals surface area contributed by atoms with E-state index in [0.29, 0.717) is 26.1 Å². The molecule has 0 aromatic heterocycles. The predicted molar refractivity (Wildman–Crippen MR) is 65.2 cm³/mol. The van der Waals surface area contributed by atoms with Crippen molar-refractivity contribution in [1.29, 1.82) is 5.26 Å². The molecule has 1 aliphatic heterocycles. The van der Waals surface area contributed by atoms with Crippen LogP contribution in [0.4, 0.5) is 0 Å². The van der Waals surface area contributed by atoms with Gasteiger partial charge >= 0.3 is 0 Å². The topological polar surface area (TPSA) is 53.3 Å². The molecular weight excluding hydrogens is 216 g/mol. The summed E-state index contributed by atoms with van der Waals surface area (Å²) in [6, 6.07) is 2.12. The van der Waals surface area contributed by atoms with E-state index in [9.17, 15) is 4.79 Å². The molecule has 0 radical (unpaired) electrons. The van der Waals surface area contributed by atoms with Crippen LogP contribution in [0.5, 0.6) is 0 Å². The summed E-state index contributed by atoms with van der Waals surface area (Å²) in [5.74, 6) is -0.0600. The van der Waals surface area contributed by atoms with E-state index in [1.165, 1.54) is 5.57 Å². The third-order valence-electron chi connectivity index (χ3n) is 3.35. The molecule has 4 nitrogen and oxygen atoms in total. The number of carbonyl (C=O) groups is 1. The number of carbonyl (C=O) groups excluding carboxylic acids is 1. The van der Waals surface area contributed by atoms with Crippen molar-refractivity contribution in [3.8, 4) is 6.07 Å². The summed E-state index contributed by atoms with van der Waals surface area (Å²) >= 11 is 0. The van der Waals surface area contributed by atoms with E-state index in [0.717, 1.165) is 6.42 Å². The number of amides is 1. The molecule has 0 fully saturated rings. The predicted octanol–water partition coefficient (Wildman–Crippen LogP) is 1.73. The molecule has 4 heteroatoms. The van der Waals surface area contributed by atoms with Crippen molar-refractivity contribution in [1.82, 2.24) is 4.90 Å².